The molecule has 3 saturated heterocycles. The monoisotopic (exact) mass is 226 g/mol. The van der Waals surface area contributed by atoms with Gasteiger partial charge in [-0.2, -0.15) is 11.8 Å². The summed E-state index contributed by atoms with van der Waals surface area (Å²) in [5.41, 5.74) is 0. The van der Waals surface area contributed by atoms with Crippen LogP contribution in [0.1, 0.15) is 32.6 Å². The van der Waals surface area contributed by atoms with Crippen LogP contribution in [-0.2, 0) is 0 Å². The Bertz CT molecular complexity index is 234. The molecule has 3 rings (SSSR count). The fourth-order valence-electron chi connectivity index (χ4n) is 3.47. The summed E-state index contributed by atoms with van der Waals surface area (Å²) in [6.45, 7) is 5.06. The molecule has 4 atom stereocenters. The zero-order valence-electron chi connectivity index (χ0n) is 9.61. The smallest absolute Gasteiger partial charge is 0.0220 e. The lowest BCUT2D eigenvalue weighted by molar-refractivity contribution is 0.187. The Morgan fingerprint density at radius 1 is 1.13 bits per heavy atom. The van der Waals surface area contributed by atoms with Gasteiger partial charge in [0, 0.05) is 36.5 Å². The summed E-state index contributed by atoms with van der Waals surface area (Å²) in [6.07, 6.45) is 5.64. The van der Waals surface area contributed by atoms with Gasteiger partial charge < -0.3 is 5.32 Å². The molecule has 0 aromatic carbocycles. The molecular formula is C12H22N2S. The number of hydrogen-bond acceptors (Lipinski definition) is 3. The van der Waals surface area contributed by atoms with Crippen molar-refractivity contribution in [3.8, 4) is 0 Å². The van der Waals surface area contributed by atoms with Gasteiger partial charge in [0.1, 0.15) is 0 Å². The highest BCUT2D eigenvalue weighted by atomic mass is 32.2. The van der Waals surface area contributed by atoms with Gasteiger partial charge >= 0.3 is 0 Å². The molecule has 3 fully saturated rings. The third-order valence-corrected chi connectivity index (χ3v) is 5.67. The molecule has 3 aliphatic heterocycles. The van der Waals surface area contributed by atoms with Crippen LogP contribution in [0.3, 0.4) is 0 Å². The fourth-order valence-corrected chi connectivity index (χ4v) is 4.75. The summed E-state index contributed by atoms with van der Waals surface area (Å²) in [6, 6.07) is 2.51. The van der Waals surface area contributed by atoms with Gasteiger partial charge in [-0.05, 0) is 31.4 Å². The fraction of sp³-hybridized carbons (Fsp3) is 1.00. The van der Waals surface area contributed by atoms with Crippen LogP contribution in [0.25, 0.3) is 0 Å². The van der Waals surface area contributed by atoms with Gasteiger partial charge in [0.05, 0.1) is 0 Å². The van der Waals surface area contributed by atoms with E-state index in [1.54, 1.807) is 0 Å². The molecule has 0 aromatic heterocycles. The molecule has 3 heteroatoms. The summed E-state index contributed by atoms with van der Waals surface area (Å²) in [7, 11) is 0. The van der Waals surface area contributed by atoms with Crippen molar-refractivity contribution in [3.63, 3.8) is 0 Å². The van der Waals surface area contributed by atoms with Crippen molar-refractivity contribution in [2.75, 3.05) is 18.8 Å². The highest BCUT2D eigenvalue weighted by Crippen LogP contribution is 2.32. The van der Waals surface area contributed by atoms with Crippen molar-refractivity contribution in [1.82, 2.24) is 10.2 Å². The maximum atomic E-state index is 3.77. The first-order chi connectivity index (χ1) is 7.33. The van der Waals surface area contributed by atoms with E-state index in [4.69, 9.17) is 0 Å². The number of thioether (sulfide) groups is 1. The predicted octanol–water partition coefficient (Wildman–Crippen LogP) is 1.71. The second-order valence-electron chi connectivity index (χ2n) is 5.35. The lowest BCUT2D eigenvalue weighted by atomic mass is 10.0. The van der Waals surface area contributed by atoms with E-state index in [0.717, 1.165) is 23.4 Å². The molecule has 0 aromatic rings. The molecule has 15 heavy (non-hydrogen) atoms. The maximum absolute atomic E-state index is 3.77. The van der Waals surface area contributed by atoms with Gasteiger partial charge in [-0.3, -0.25) is 4.90 Å². The summed E-state index contributed by atoms with van der Waals surface area (Å²) in [4.78, 5) is 2.78. The molecule has 86 valence electrons. The van der Waals surface area contributed by atoms with Crippen LogP contribution >= 0.6 is 11.8 Å². The largest absolute Gasteiger partial charge is 0.310 e. The van der Waals surface area contributed by atoms with Crippen molar-refractivity contribution < 1.29 is 0 Å². The molecule has 0 amide bonds. The minimum absolute atomic E-state index is 0.801. The van der Waals surface area contributed by atoms with Gasteiger partial charge in [0.15, 0.2) is 0 Å². The van der Waals surface area contributed by atoms with E-state index in [0.29, 0.717) is 0 Å². The highest BCUT2D eigenvalue weighted by molar-refractivity contribution is 8.00. The van der Waals surface area contributed by atoms with E-state index in [2.05, 4.69) is 28.9 Å². The molecule has 3 heterocycles. The maximum Gasteiger partial charge on any atom is 0.0220 e. The molecule has 3 aliphatic rings. The molecule has 4 unspecified atom stereocenters. The zero-order valence-corrected chi connectivity index (χ0v) is 10.4. The lowest BCUT2D eigenvalue weighted by Crippen LogP contribution is -2.44. The van der Waals surface area contributed by atoms with Crippen LogP contribution < -0.4 is 5.32 Å². The van der Waals surface area contributed by atoms with E-state index in [1.807, 2.05) is 0 Å². The second-order valence-corrected chi connectivity index (χ2v) is 6.84. The minimum Gasteiger partial charge on any atom is -0.310 e. The zero-order chi connectivity index (χ0) is 10.3. The van der Waals surface area contributed by atoms with Crippen molar-refractivity contribution in [2.24, 2.45) is 0 Å². The average molecular weight is 226 g/mol. The van der Waals surface area contributed by atoms with E-state index in [1.165, 1.54) is 44.5 Å². The number of hydrogen-bond donors (Lipinski definition) is 1. The second kappa shape index (κ2) is 4.27. The molecular weight excluding hydrogens is 204 g/mol. The molecule has 1 N–H and O–H groups in total. The number of nitrogens with one attached hydrogen (secondary N) is 1. The Morgan fingerprint density at radius 2 is 2.00 bits per heavy atom. The van der Waals surface area contributed by atoms with E-state index in [-0.39, 0.29) is 0 Å². The number of fused-ring (bicyclic) bond motifs is 2. The quantitative estimate of drug-likeness (QED) is 0.733. The van der Waals surface area contributed by atoms with Crippen molar-refractivity contribution in [3.05, 3.63) is 0 Å². The standard InChI is InChI=1S/C12H22N2S/c1-9-12(5-7-15-9)14-6-4-10-2-3-11(8-14)13-10/h9-13H,2-8H2,1H3. The first-order valence-electron chi connectivity index (χ1n) is 6.44. The van der Waals surface area contributed by atoms with Crippen LogP contribution in [0, 0.1) is 0 Å². The van der Waals surface area contributed by atoms with Crippen LogP contribution in [0.5, 0.6) is 0 Å². The Hall–Kier alpha value is 0.270. The first-order valence-corrected chi connectivity index (χ1v) is 7.49. The van der Waals surface area contributed by atoms with Crippen molar-refractivity contribution >= 4 is 11.8 Å². The molecule has 0 radical (unpaired) electrons. The van der Waals surface area contributed by atoms with Gasteiger partial charge in [-0.15, -0.1) is 0 Å². The van der Waals surface area contributed by atoms with E-state index >= 15 is 0 Å². The third-order valence-electron chi connectivity index (χ3n) is 4.36. The Morgan fingerprint density at radius 3 is 2.80 bits per heavy atom. The Balaban J connectivity index is 1.66. The van der Waals surface area contributed by atoms with Crippen LogP contribution in [0.2, 0.25) is 0 Å². The van der Waals surface area contributed by atoms with Crippen LogP contribution in [-0.4, -0.2) is 47.1 Å². The summed E-state index contributed by atoms with van der Waals surface area (Å²) in [5.74, 6) is 1.38. The summed E-state index contributed by atoms with van der Waals surface area (Å²) < 4.78 is 0. The average Bonchev–Trinajstić information content (AvgIpc) is 2.74. The minimum atomic E-state index is 0.801. The number of nitrogens with zero attached hydrogens (tertiary/aromatic N) is 1. The molecule has 0 aliphatic carbocycles. The SMILES string of the molecule is CC1SCCC1N1CCC2CCC(C1)N2. The lowest BCUT2D eigenvalue weighted by Gasteiger charge is -2.32. The Kier molecular flexibility index (Phi) is 2.97. The molecule has 2 bridgehead atoms. The number of rotatable bonds is 1. The van der Waals surface area contributed by atoms with E-state index < -0.39 is 0 Å². The van der Waals surface area contributed by atoms with E-state index in [9.17, 15) is 0 Å². The first kappa shape index (κ1) is 10.4. The molecule has 0 spiro atoms. The Labute approximate surface area is 97.2 Å². The van der Waals surface area contributed by atoms with Gasteiger partial charge in [0.25, 0.3) is 0 Å². The topological polar surface area (TPSA) is 15.3 Å². The van der Waals surface area contributed by atoms with Crippen molar-refractivity contribution in [2.45, 2.75) is 56.0 Å². The third kappa shape index (κ3) is 2.06. The summed E-state index contributed by atoms with van der Waals surface area (Å²) in [5, 5.41) is 4.64. The molecule has 2 nitrogen and oxygen atoms in total. The van der Waals surface area contributed by atoms with Crippen LogP contribution in [0.15, 0.2) is 0 Å². The van der Waals surface area contributed by atoms with Gasteiger partial charge in [0.2, 0.25) is 0 Å². The molecule has 0 saturated carbocycles. The predicted molar refractivity (Wildman–Crippen MR) is 66.5 cm³/mol. The highest BCUT2D eigenvalue weighted by Gasteiger charge is 2.35. The van der Waals surface area contributed by atoms with Crippen molar-refractivity contribution in [1.29, 1.82) is 0 Å². The normalized spacial score (nSPS) is 47.0. The van der Waals surface area contributed by atoms with Gasteiger partial charge in [-0.1, -0.05) is 6.92 Å². The van der Waals surface area contributed by atoms with Gasteiger partial charge in [-0.25, -0.2) is 0 Å². The summed E-state index contributed by atoms with van der Waals surface area (Å²) >= 11 is 2.16. The number of likely N-dealkylation sites (tertiary alicyclic amines) is 1. The van der Waals surface area contributed by atoms with Crippen LogP contribution in [0.4, 0.5) is 0 Å².